The summed E-state index contributed by atoms with van der Waals surface area (Å²) in [5.41, 5.74) is 2.42. The number of anilines is 1. The zero-order chi connectivity index (χ0) is 20.7. The van der Waals surface area contributed by atoms with E-state index in [2.05, 4.69) is 53.5 Å². The summed E-state index contributed by atoms with van der Waals surface area (Å²) in [6.07, 6.45) is 7.52. The first-order valence-corrected chi connectivity index (χ1v) is 11.9. The lowest BCUT2D eigenvalue weighted by Crippen LogP contribution is -2.54. The highest BCUT2D eigenvalue weighted by molar-refractivity contribution is 5.83. The molecule has 5 heteroatoms. The lowest BCUT2D eigenvalue weighted by molar-refractivity contribution is -0.146. The van der Waals surface area contributed by atoms with E-state index in [1.54, 1.807) is 0 Å². The number of carbonyl (C=O) groups excluding carboxylic acids is 1. The van der Waals surface area contributed by atoms with E-state index in [0.29, 0.717) is 12.5 Å². The van der Waals surface area contributed by atoms with Crippen LogP contribution in [0.3, 0.4) is 0 Å². The predicted molar refractivity (Wildman–Crippen MR) is 120 cm³/mol. The molecule has 1 saturated heterocycles. The van der Waals surface area contributed by atoms with Crippen molar-refractivity contribution >= 4 is 11.6 Å². The van der Waals surface area contributed by atoms with Gasteiger partial charge in [0.2, 0.25) is 5.91 Å². The lowest BCUT2D eigenvalue weighted by atomic mass is 9.49. The summed E-state index contributed by atoms with van der Waals surface area (Å²) in [5, 5.41) is 3.44. The number of morpholine rings is 1. The third-order valence-electron chi connectivity index (χ3n) is 8.26. The first kappa shape index (κ1) is 20.3. The number of ether oxygens (including phenoxy) is 1. The van der Waals surface area contributed by atoms with Crippen LogP contribution in [0.5, 0.6) is 0 Å². The minimum Gasteiger partial charge on any atom is -0.379 e. The molecular weight excluding hydrogens is 374 g/mol. The van der Waals surface area contributed by atoms with Crippen LogP contribution in [0.1, 0.15) is 50.1 Å². The Labute approximate surface area is 181 Å². The molecule has 0 radical (unpaired) electrons. The molecule has 5 nitrogen and oxygen atoms in total. The van der Waals surface area contributed by atoms with E-state index in [-0.39, 0.29) is 11.5 Å². The van der Waals surface area contributed by atoms with Crippen molar-refractivity contribution in [1.82, 2.24) is 10.2 Å². The van der Waals surface area contributed by atoms with Gasteiger partial charge >= 0.3 is 0 Å². The van der Waals surface area contributed by atoms with Crippen LogP contribution in [0.25, 0.3) is 0 Å². The monoisotopic (exact) mass is 411 g/mol. The number of hydrogen-bond acceptors (Lipinski definition) is 4. The number of benzene rings is 1. The van der Waals surface area contributed by atoms with Crippen molar-refractivity contribution in [3.8, 4) is 0 Å². The summed E-state index contributed by atoms with van der Waals surface area (Å²) in [6.45, 7) is 4.09. The van der Waals surface area contributed by atoms with Crippen LogP contribution in [0.15, 0.2) is 24.3 Å². The van der Waals surface area contributed by atoms with Crippen LogP contribution < -0.4 is 10.2 Å². The number of hydrogen-bond donors (Lipinski definition) is 1. The first-order chi connectivity index (χ1) is 14.5. The smallest absolute Gasteiger partial charge is 0.226 e. The van der Waals surface area contributed by atoms with Gasteiger partial charge in [-0.1, -0.05) is 12.1 Å². The van der Waals surface area contributed by atoms with Gasteiger partial charge in [0.25, 0.3) is 0 Å². The Morgan fingerprint density at radius 3 is 2.17 bits per heavy atom. The maximum absolute atomic E-state index is 13.5. The van der Waals surface area contributed by atoms with E-state index in [4.69, 9.17) is 4.74 Å². The molecule has 6 rings (SSSR count). The molecule has 1 aliphatic heterocycles. The van der Waals surface area contributed by atoms with E-state index in [0.717, 1.165) is 63.3 Å². The molecule has 30 heavy (non-hydrogen) atoms. The molecule has 1 aromatic rings. The fourth-order valence-electron chi connectivity index (χ4n) is 7.11. The van der Waals surface area contributed by atoms with E-state index >= 15 is 0 Å². The maximum atomic E-state index is 13.5. The van der Waals surface area contributed by atoms with Crippen LogP contribution in [0.2, 0.25) is 0 Å². The van der Waals surface area contributed by atoms with Crippen LogP contribution in [-0.2, 0) is 9.53 Å². The van der Waals surface area contributed by atoms with Gasteiger partial charge in [0.1, 0.15) is 0 Å². The Bertz CT molecular complexity index is 719. The standard InChI is InChI=1S/C25H37N3O2/c1-27(2)22-5-3-21(4-6-22)23(28-7-9-30-10-8-28)17-26-24(29)25-14-18-11-19(15-25)13-20(12-18)16-25/h3-6,18-20,23H,7-17H2,1-2H3,(H,26,29)/t18?,19?,20?,23-,25?/m0/s1. The second-order valence-corrected chi connectivity index (χ2v) is 10.6. The number of carbonyl (C=O) groups is 1. The van der Waals surface area contributed by atoms with E-state index < -0.39 is 0 Å². The molecule has 1 atom stereocenters. The third kappa shape index (κ3) is 3.87. The maximum Gasteiger partial charge on any atom is 0.226 e. The number of nitrogens with zero attached hydrogens (tertiary/aromatic N) is 2. The minimum atomic E-state index is -0.0703. The zero-order valence-electron chi connectivity index (χ0n) is 18.6. The second-order valence-electron chi connectivity index (χ2n) is 10.6. The van der Waals surface area contributed by atoms with Crippen molar-refractivity contribution in [3.05, 3.63) is 29.8 Å². The Kier molecular flexibility index (Phi) is 5.53. The topological polar surface area (TPSA) is 44.8 Å². The quantitative estimate of drug-likeness (QED) is 0.779. The minimum absolute atomic E-state index is 0.0703. The third-order valence-corrected chi connectivity index (χ3v) is 8.26. The summed E-state index contributed by atoms with van der Waals surface area (Å²) < 4.78 is 5.59. The second kappa shape index (κ2) is 8.16. The predicted octanol–water partition coefficient (Wildman–Crippen LogP) is 3.46. The van der Waals surface area contributed by atoms with Crippen LogP contribution >= 0.6 is 0 Å². The summed E-state index contributed by atoms with van der Waals surface area (Å²) in [4.78, 5) is 18.1. The average Bonchev–Trinajstić information content (AvgIpc) is 2.74. The summed E-state index contributed by atoms with van der Waals surface area (Å²) in [5.74, 6) is 2.74. The molecular formula is C25H37N3O2. The van der Waals surface area contributed by atoms with Crippen molar-refractivity contribution in [1.29, 1.82) is 0 Å². The largest absolute Gasteiger partial charge is 0.379 e. The van der Waals surface area contributed by atoms with Gasteiger partial charge < -0.3 is 15.0 Å². The molecule has 4 aliphatic carbocycles. The Morgan fingerprint density at radius 2 is 1.63 bits per heavy atom. The SMILES string of the molecule is CN(C)c1ccc([C@H](CNC(=O)C23CC4CC(CC(C4)C2)C3)N2CCOCC2)cc1. The highest BCUT2D eigenvalue weighted by Crippen LogP contribution is 2.60. The molecule has 5 aliphatic rings. The summed E-state index contributed by atoms with van der Waals surface area (Å²) in [7, 11) is 4.14. The van der Waals surface area contributed by atoms with Gasteiger partial charge in [-0.2, -0.15) is 0 Å². The van der Waals surface area contributed by atoms with Crippen LogP contribution in [0, 0.1) is 23.2 Å². The zero-order valence-corrected chi connectivity index (χ0v) is 18.6. The molecule has 4 saturated carbocycles. The van der Waals surface area contributed by atoms with Gasteiger partial charge in [-0.15, -0.1) is 0 Å². The normalized spacial score (nSPS) is 34.0. The van der Waals surface area contributed by atoms with Crippen molar-refractivity contribution in [2.24, 2.45) is 23.2 Å². The Morgan fingerprint density at radius 1 is 1.07 bits per heavy atom. The van der Waals surface area contributed by atoms with Crippen molar-refractivity contribution < 1.29 is 9.53 Å². The van der Waals surface area contributed by atoms with Gasteiger partial charge in [0.05, 0.1) is 19.3 Å². The van der Waals surface area contributed by atoms with Crippen molar-refractivity contribution in [2.45, 2.75) is 44.6 Å². The Balaban J connectivity index is 1.30. The van der Waals surface area contributed by atoms with E-state index in [9.17, 15) is 4.79 Å². The van der Waals surface area contributed by atoms with E-state index in [1.165, 1.54) is 30.5 Å². The van der Waals surface area contributed by atoms with Gasteiger partial charge in [-0.25, -0.2) is 0 Å². The number of amides is 1. The van der Waals surface area contributed by atoms with Gasteiger partial charge in [-0.3, -0.25) is 9.69 Å². The van der Waals surface area contributed by atoms with Gasteiger partial charge in [-0.05, 0) is 74.0 Å². The fourth-order valence-corrected chi connectivity index (χ4v) is 7.11. The first-order valence-electron chi connectivity index (χ1n) is 11.9. The van der Waals surface area contributed by atoms with Crippen LogP contribution in [-0.4, -0.2) is 57.8 Å². The molecule has 1 N–H and O–H groups in total. The van der Waals surface area contributed by atoms with Crippen LogP contribution in [0.4, 0.5) is 5.69 Å². The molecule has 0 unspecified atom stereocenters. The molecule has 1 aromatic carbocycles. The summed E-state index contributed by atoms with van der Waals surface area (Å²) in [6, 6.07) is 9.04. The van der Waals surface area contributed by atoms with E-state index in [1.807, 2.05) is 0 Å². The van der Waals surface area contributed by atoms with Crippen molar-refractivity contribution in [2.75, 3.05) is 51.8 Å². The molecule has 164 valence electrons. The number of rotatable bonds is 6. The molecule has 0 aromatic heterocycles. The highest BCUT2D eigenvalue weighted by atomic mass is 16.5. The Hall–Kier alpha value is -1.59. The number of nitrogens with one attached hydrogen (secondary N) is 1. The average molecular weight is 412 g/mol. The molecule has 1 heterocycles. The lowest BCUT2D eigenvalue weighted by Gasteiger charge is -2.55. The molecule has 4 bridgehead atoms. The highest BCUT2D eigenvalue weighted by Gasteiger charge is 2.54. The molecule has 0 spiro atoms. The fraction of sp³-hybridized carbons (Fsp3) is 0.720. The van der Waals surface area contributed by atoms with Crippen molar-refractivity contribution in [3.63, 3.8) is 0 Å². The van der Waals surface area contributed by atoms with Gasteiger partial charge in [0.15, 0.2) is 0 Å². The molecule has 5 fully saturated rings. The molecule has 1 amide bonds. The van der Waals surface area contributed by atoms with Gasteiger partial charge in [0, 0.05) is 44.8 Å². The summed E-state index contributed by atoms with van der Waals surface area (Å²) >= 11 is 0.